The van der Waals surface area contributed by atoms with Crippen molar-refractivity contribution in [2.24, 2.45) is 11.1 Å². The molecule has 1 rings (SSSR count). The van der Waals surface area contributed by atoms with Gasteiger partial charge in [0.05, 0.1) is 12.1 Å². The molecule has 4 N–H and O–H groups in total. The van der Waals surface area contributed by atoms with Gasteiger partial charge in [-0.25, -0.2) is 0 Å². The van der Waals surface area contributed by atoms with Crippen LogP contribution in [0.5, 0.6) is 0 Å². The van der Waals surface area contributed by atoms with E-state index in [2.05, 4.69) is 25.9 Å². The van der Waals surface area contributed by atoms with Crippen LogP contribution in [0.25, 0.3) is 0 Å². The largest absolute Gasteiger partial charge is 0.345 e. The van der Waals surface area contributed by atoms with Crippen LogP contribution in [0.1, 0.15) is 39.6 Å². The Hall–Kier alpha value is -1.50. The van der Waals surface area contributed by atoms with Gasteiger partial charge in [0.25, 0.3) is 0 Å². The molecule has 0 saturated heterocycles. The van der Waals surface area contributed by atoms with Crippen molar-refractivity contribution in [3.8, 4) is 0 Å². The molecule has 0 bridgehead atoms. The van der Waals surface area contributed by atoms with Gasteiger partial charge in [-0.05, 0) is 12.3 Å². The van der Waals surface area contributed by atoms with Crippen LogP contribution in [0.15, 0.2) is 0 Å². The Labute approximate surface area is 94.2 Å². The SMILES string of the molecule is CC(NC(=O)[C@H](N)C(C)(C)C)c1nn[nH]n1. The summed E-state index contributed by atoms with van der Waals surface area (Å²) in [6, 6.07) is -0.874. The van der Waals surface area contributed by atoms with E-state index in [9.17, 15) is 4.79 Å². The highest BCUT2D eigenvalue weighted by molar-refractivity contribution is 5.82. The van der Waals surface area contributed by atoms with E-state index in [1.807, 2.05) is 20.8 Å². The number of carbonyl (C=O) groups is 1. The number of hydrogen-bond acceptors (Lipinski definition) is 5. The molecule has 0 radical (unpaired) electrons. The smallest absolute Gasteiger partial charge is 0.238 e. The number of carbonyl (C=O) groups excluding carboxylic acids is 1. The quantitative estimate of drug-likeness (QED) is 0.658. The van der Waals surface area contributed by atoms with Crippen molar-refractivity contribution in [1.29, 1.82) is 0 Å². The number of H-pyrrole nitrogens is 1. The van der Waals surface area contributed by atoms with Gasteiger partial charge in [-0.3, -0.25) is 4.79 Å². The Morgan fingerprint density at radius 3 is 2.56 bits per heavy atom. The fraction of sp³-hybridized carbons (Fsp3) is 0.778. The molecule has 7 nitrogen and oxygen atoms in total. The summed E-state index contributed by atoms with van der Waals surface area (Å²) in [7, 11) is 0. The molecule has 1 aromatic heterocycles. The zero-order chi connectivity index (χ0) is 12.3. The molecule has 0 aliphatic carbocycles. The Morgan fingerprint density at radius 2 is 2.12 bits per heavy atom. The molecule has 0 fully saturated rings. The maximum Gasteiger partial charge on any atom is 0.238 e. The maximum atomic E-state index is 11.8. The summed E-state index contributed by atoms with van der Waals surface area (Å²) < 4.78 is 0. The second-order valence-electron chi connectivity index (χ2n) is 4.84. The van der Waals surface area contributed by atoms with Crippen LogP contribution < -0.4 is 11.1 Å². The maximum absolute atomic E-state index is 11.8. The number of rotatable bonds is 3. The Balaban J connectivity index is 2.59. The monoisotopic (exact) mass is 226 g/mol. The molecule has 2 atom stereocenters. The van der Waals surface area contributed by atoms with E-state index in [-0.39, 0.29) is 17.4 Å². The van der Waals surface area contributed by atoms with Gasteiger partial charge < -0.3 is 11.1 Å². The van der Waals surface area contributed by atoms with Gasteiger partial charge in [0, 0.05) is 0 Å². The molecule has 0 spiro atoms. The highest BCUT2D eigenvalue weighted by atomic mass is 16.2. The predicted octanol–water partition coefficient (Wildman–Crippen LogP) is -0.250. The molecule has 0 aliphatic rings. The molecule has 0 aliphatic heterocycles. The van der Waals surface area contributed by atoms with Gasteiger partial charge >= 0.3 is 0 Å². The summed E-state index contributed by atoms with van der Waals surface area (Å²) in [6.07, 6.45) is 0. The number of hydrogen-bond donors (Lipinski definition) is 3. The third-order valence-electron chi connectivity index (χ3n) is 2.32. The van der Waals surface area contributed by atoms with Gasteiger partial charge in [-0.2, -0.15) is 5.21 Å². The lowest BCUT2D eigenvalue weighted by molar-refractivity contribution is -0.125. The van der Waals surface area contributed by atoms with Crippen LogP contribution in [0.4, 0.5) is 0 Å². The highest BCUT2D eigenvalue weighted by Gasteiger charge is 2.28. The van der Waals surface area contributed by atoms with Crippen molar-refractivity contribution in [3.05, 3.63) is 5.82 Å². The second-order valence-corrected chi connectivity index (χ2v) is 4.84. The van der Waals surface area contributed by atoms with E-state index in [0.29, 0.717) is 5.82 Å². The minimum atomic E-state index is -0.568. The number of nitrogens with one attached hydrogen (secondary N) is 2. The summed E-state index contributed by atoms with van der Waals surface area (Å²) in [6.45, 7) is 7.51. The second kappa shape index (κ2) is 4.56. The zero-order valence-corrected chi connectivity index (χ0v) is 9.98. The number of aromatic nitrogens is 4. The third-order valence-corrected chi connectivity index (χ3v) is 2.32. The van der Waals surface area contributed by atoms with Crippen LogP contribution in [0.2, 0.25) is 0 Å². The first-order chi connectivity index (χ1) is 7.32. The van der Waals surface area contributed by atoms with Crippen LogP contribution in [0.3, 0.4) is 0 Å². The number of nitrogens with two attached hydrogens (primary N) is 1. The molecular formula is C9H18N6O. The fourth-order valence-electron chi connectivity index (χ4n) is 1.11. The molecule has 1 unspecified atom stereocenters. The molecule has 7 heteroatoms. The summed E-state index contributed by atoms with van der Waals surface area (Å²) in [5, 5.41) is 16.1. The summed E-state index contributed by atoms with van der Waals surface area (Å²) in [4.78, 5) is 11.8. The van der Waals surface area contributed by atoms with E-state index < -0.39 is 6.04 Å². The number of tetrazole rings is 1. The highest BCUT2D eigenvalue weighted by Crippen LogP contribution is 2.18. The van der Waals surface area contributed by atoms with Crippen LogP contribution in [-0.4, -0.2) is 32.6 Å². The zero-order valence-electron chi connectivity index (χ0n) is 9.98. The first-order valence-corrected chi connectivity index (χ1v) is 5.11. The standard InChI is InChI=1S/C9H18N6O/c1-5(7-12-14-15-13-7)11-8(16)6(10)9(2,3)4/h5-6H,10H2,1-4H3,(H,11,16)(H,12,13,14,15)/t5?,6-/m0/s1. The molecule has 1 heterocycles. The van der Waals surface area contributed by atoms with Gasteiger partial charge in [0.2, 0.25) is 5.91 Å². The molecule has 0 saturated carbocycles. The normalized spacial score (nSPS) is 15.6. The van der Waals surface area contributed by atoms with Crippen molar-refractivity contribution in [1.82, 2.24) is 25.9 Å². The Kier molecular flexibility index (Phi) is 3.58. The minimum absolute atomic E-state index is 0.218. The van der Waals surface area contributed by atoms with Crippen molar-refractivity contribution < 1.29 is 4.79 Å². The first-order valence-electron chi connectivity index (χ1n) is 5.11. The lowest BCUT2D eigenvalue weighted by Crippen LogP contribution is -2.49. The number of amides is 1. The average Bonchev–Trinajstić information content (AvgIpc) is 2.67. The van der Waals surface area contributed by atoms with Gasteiger partial charge in [-0.1, -0.05) is 26.0 Å². The molecular weight excluding hydrogens is 208 g/mol. The average molecular weight is 226 g/mol. The predicted molar refractivity (Wildman–Crippen MR) is 58.2 cm³/mol. The van der Waals surface area contributed by atoms with E-state index in [0.717, 1.165) is 0 Å². The van der Waals surface area contributed by atoms with E-state index in [1.54, 1.807) is 6.92 Å². The molecule has 16 heavy (non-hydrogen) atoms. The Bertz CT molecular complexity index is 341. The van der Waals surface area contributed by atoms with Crippen molar-refractivity contribution in [3.63, 3.8) is 0 Å². The lowest BCUT2D eigenvalue weighted by Gasteiger charge is -2.26. The fourth-order valence-corrected chi connectivity index (χ4v) is 1.11. The van der Waals surface area contributed by atoms with Crippen molar-refractivity contribution in [2.75, 3.05) is 0 Å². The van der Waals surface area contributed by atoms with Crippen molar-refractivity contribution >= 4 is 5.91 Å². The third kappa shape index (κ3) is 2.99. The van der Waals surface area contributed by atoms with Gasteiger partial charge in [0.15, 0.2) is 5.82 Å². The summed E-state index contributed by atoms with van der Waals surface area (Å²) in [5.41, 5.74) is 5.54. The summed E-state index contributed by atoms with van der Waals surface area (Å²) in [5.74, 6) is 0.222. The van der Waals surface area contributed by atoms with E-state index >= 15 is 0 Å². The molecule has 1 amide bonds. The minimum Gasteiger partial charge on any atom is -0.345 e. The van der Waals surface area contributed by atoms with Gasteiger partial charge in [-0.15, -0.1) is 10.2 Å². The van der Waals surface area contributed by atoms with Crippen molar-refractivity contribution in [2.45, 2.75) is 39.8 Å². The van der Waals surface area contributed by atoms with E-state index in [4.69, 9.17) is 5.73 Å². The van der Waals surface area contributed by atoms with E-state index in [1.165, 1.54) is 0 Å². The Morgan fingerprint density at radius 1 is 1.50 bits per heavy atom. The lowest BCUT2D eigenvalue weighted by atomic mass is 9.87. The number of nitrogens with zero attached hydrogens (tertiary/aromatic N) is 3. The van der Waals surface area contributed by atoms with Crippen LogP contribution in [0, 0.1) is 5.41 Å². The molecule has 90 valence electrons. The topological polar surface area (TPSA) is 110 Å². The molecule has 1 aromatic rings. The van der Waals surface area contributed by atoms with Gasteiger partial charge in [0.1, 0.15) is 0 Å². The summed E-state index contributed by atoms with van der Waals surface area (Å²) >= 11 is 0. The molecule has 0 aromatic carbocycles. The van der Waals surface area contributed by atoms with Crippen LogP contribution >= 0.6 is 0 Å². The number of aromatic amines is 1. The van der Waals surface area contributed by atoms with Crippen LogP contribution in [-0.2, 0) is 4.79 Å². The first kappa shape index (κ1) is 12.6.